The van der Waals surface area contributed by atoms with Crippen molar-refractivity contribution in [2.75, 3.05) is 0 Å². The molecule has 1 aromatic rings. The Morgan fingerprint density at radius 3 is 2.44 bits per heavy atom. The van der Waals surface area contributed by atoms with Gasteiger partial charge in [0.05, 0.1) is 0 Å². The summed E-state index contributed by atoms with van der Waals surface area (Å²) in [5.41, 5.74) is 1.41. The van der Waals surface area contributed by atoms with E-state index in [-0.39, 0.29) is 0 Å². The molecule has 1 rings (SSSR count). The Morgan fingerprint density at radius 1 is 1.33 bits per heavy atom. The summed E-state index contributed by atoms with van der Waals surface area (Å²) in [6.07, 6.45) is 0. The van der Waals surface area contributed by atoms with Crippen molar-refractivity contribution in [2.24, 2.45) is 0 Å². The maximum absolute atomic E-state index is 2.41. The summed E-state index contributed by atoms with van der Waals surface area (Å²) >= 11 is 3.29. The molecule has 0 fully saturated rings. The number of hydrogen-bond donors (Lipinski definition) is 0. The molecule has 0 spiro atoms. The second-order valence-corrected chi connectivity index (χ2v) is 4.77. The van der Waals surface area contributed by atoms with Gasteiger partial charge in [0, 0.05) is 0 Å². The van der Waals surface area contributed by atoms with Gasteiger partial charge in [0.1, 0.15) is 0 Å². The van der Waals surface area contributed by atoms with E-state index >= 15 is 0 Å². The Hall–Kier alpha value is 0.690. The Kier molecular flexibility index (Phi) is 3.26. The summed E-state index contributed by atoms with van der Waals surface area (Å²) in [5.74, 6) is 0. The molecule has 9 heavy (non-hydrogen) atoms. The number of aryl methyl sites for hydroxylation is 1. The van der Waals surface area contributed by atoms with E-state index in [1.807, 2.05) is 0 Å². The molecule has 0 saturated carbocycles. The summed E-state index contributed by atoms with van der Waals surface area (Å²) < 4.78 is 1.47. The molecule has 0 aromatic heterocycles. The summed E-state index contributed by atoms with van der Waals surface area (Å²) in [7, 11) is 0. The predicted octanol–water partition coefficient (Wildman–Crippen LogP) is 2.05. The number of halogens is 1. The summed E-state index contributed by atoms with van der Waals surface area (Å²) in [6, 6.07) is 8.51. The molecule has 53 valence electrons. The molecule has 0 atom stereocenters. The van der Waals surface area contributed by atoms with Gasteiger partial charge in [-0.3, -0.25) is 0 Å². The molecule has 0 radical (unpaired) electrons. The van der Waals surface area contributed by atoms with Crippen molar-refractivity contribution in [3.63, 3.8) is 0 Å². The fourth-order valence-electron chi connectivity index (χ4n) is 0.601. The third-order valence-corrected chi connectivity index (χ3v) is 4.30. The zero-order valence-electron chi connectivity index (χ0n) is 4.99. The van der Waals surface area contributed by atoms with Crippen molar-refractivity contribution in [3.05, 3.63) is 29.8 Å². The number of rotatable bonds is 1. The average molecular weight is 326 g/mol. The van der Waals surface area contributed by atoms with E-state index < -0.39 is 0 Å². The second-order valence-electron chi connectivity index (χ2n) is 1.76. The average Bonchev–Trinajstić information content (AvgIpc) is 1.89. The topological polar surface area (TPSA) is 0 Å². The third kappa shape index (κ3) is 2.08. The number of hydrogen-bond acceptors (Lipinski definition) is 0. The van der Waals surface area contributed by atoms with Gasteiger partial charge in [-0.05, 0) is 0 Å². The van der Waals surface area contributed by atoms with Crippen molar-refractivity contribution in [1.29, 1.82) is 0 Å². The molecule has 0 aliphatic carbocycles. The van der Waals surface area contributed by atoms with Crippen molar-refractivity contribution in [2.45, 2.75) is 6.92 Å². The molecule has 0 saturated heterocycles. The normalized spacial score (nSPS) is 10.0. The number of benzene rings is 1. The van der Waals surface area contributed by atoms with Crippen LogP contribution in [0.1, 0.15) is 5.56 Å². The van der Waals surface area contributed by atoms with Gasteiger partial charge in [0.25, 0.3) is 0 Å². The zero-order valence-corrected chi connectivity index (χ0v) is 8.63. The molecule has 0 bridgehead atoms. The van der Waals surface area contributed by atoms with E-state index in [1.165, 1.54) is 9.34 Å². The minimum atomic E-state index is 0.882. The molecule has 1 aromatic carbocycles. The zero-order chi connectivity index (χ0) is 6.69. The van der Waals surface area contributed by atoms with Gasteiger partial charge >= 0.3 is 75.5 Å². The monoisotopic (exact) mass is 325 g/mol. The van der Waals surface area contributed by atoms with Crippen LogP contribution in [-0.2, 0) is 15.9 Å². The Morgan fingerprint density at radius 2 is 2.00 bits per heavy atom. The van der Waals surface area contributed by atoms with Gasteiger partial charge in [-0.15, -0.1) is 0 Å². The molecular formula is C7H7AgI. The fraction of sp³-hybridized carbons (Fsp3) is 0.143. The van der Waals surface area contributed by atoms with Crippen LogP contribution in [0.5, 0.6) is 0 Å². The van der Waals surface area contributed by atoms with Crippen LogP contribution in [0.25, 0.3) is 0 Å². The van der Waals surface area contributed by atoms with E-state index in [0.29, 0.717) is 0 Å². The molecule has 0 aliphatic heterocycles. The van der Waals surface area contributed by atoms with Gasteiger partial charge in [-0.1, -0.05) is 0 Å². The van der Waals surface area contributed by atoms with Crippen LogP contribution >= 0.6 is 19.0 Å². The first-order valence-corrected chi connectivity index (χ1v) is 7.74. The van der Waals surface area contributed by atoms with Crippen LogP contribution in [0.2, 0.25) is 0 Å². The maximum atomic E-state index is 2.41. The van der Waals surface area contributed by atoms with E-state index in [9.17, 15) is 0 Å². The van der Waals surface area contributed by atoms with Crippen LogP contribution < -0.4 is 3.78 Å². The Bertz CT molecular complexity index is 198. The first-order valence-electron chi connectivity index (χ1n) is 2.59. The quantitative estimate of drug-likeness (QED) is 0.547. The second kappa shape index (κ2) is 3.76. The van der Waals surface area contributed by atoms with Gasteiger partial charge in [-0.25, -0.2) is 0 Å². The molecule has 2 heteroatoms. The standard InChI is InChI=1S/C7H7.Ag.HI/c1-7-5-3-2-4-6-7;;/h2-5H,1H3;;1H/q;+1;/p-1. The van der Waals surface area contributed by atoms with Crippen LogP contribution in [0.15, 0.2) is 24.3 Å². The first-order chi connectivity index (χ1) is 4.34. The third-order valence-electron chi connectivity index (χ3n) is 1.10. The van der Waals surface area contributed by atoms with E-state index in [1.54, 1.807) is 0 Å². The van der Waals surface area contributed by atoms with Gasteiger partial charge in [-0.2, -0.15) is 0 Å². The van der Waals surface area contributed by atoms with Crippen LogP contribution in [0.4, 0.5) is 0 Å². The summed E-state index contributed by atoms with van der Waals surface area (Å²) in [4.78, 5) is 0. The van der Waals surface area contributed by atoms with Crippen molar-refractivity contribution >= 4 is 22.8 Å². The van der Waals surface area contributed by atoms with Crippen molar-refractivity contribution in [1.82, 2.24) is 0 Å². The summed E-state index contributed by atoms with van der Waals surface area (Å²) in [5, 5.41) is 0. The molecule has 0 aliphatic rings. The van der Waals surface area contributed by atoms with Crippen LogP contribution in [0, 0.1) is 6.92 Å². The van der Waals surface area contributed by atoms with Crippen molar-refractivity contribution in [3.8, 4) is 0 Å². The first kappa shape index (κ1) is 7.79. The fourth-order valence-corrected chi connectivity index (χ4v) is 3.34. The van der Waals surface area contributed by atoms with E-state index in [4.69, 9.17) is 0 Å². The van der Waals surface area contributed by atoms with E-state index in [2.05, 4.69) is 50.2 Å². The molecular weight excluding hydrogens is 319 g/mol. The molecule has 0 nitrogen and oxygen atoms in total. The molecule has 0 unspecified atom stereocenters. The van der Waals surface area contributed by atoms with Crippen molar-refractivity contribution < 1.29 is 15.9 Å². The van der Waals surface area contributed by atoms with E-state index in [0.717, 1.165) is 15.9 Å². The SMILES string of the molecule is Cc1cccc[c]1[Ag][I]. The molecule has 0 amide bonds. The van der Waals surface area contributed by atoms with Gasteiger partial charge in [0.2, 0.25) is 0 Å². The Balaban J connectivity index is 3.01. The summed E-state index contributed by atoms with van der Waals surface area (Å²) in [6.45, 7) is 2.15. The van der Waals surface area contributed by atoms with Crippen LogP contribution in [0.3, 0.4) is 0 Å². The van der Waals surface area contributed by atoms with Crippen LogP contribution in [-0.4, -0.2) is 0 Å². The molecule has 0 N–H and O–H groups in total. The van der Waals surface area contributed by atoms with Gasteiger partial charge < -0.3 is 0 Å². The molecule has 0 heterocycles. The predicted molar refractivity (Wildman–Crippen MR) is 44.8 cm³/mol. The van der Waals surface area contributed by atoms with Gasteiger partial charge in [0.15, 0.2) is 0 Å². The minimum absolute atomic E-state index is 0.882. The Labute approximate surface area is 74.9 Å².